The fraction of sp³-hybridized carbons (Fsp3) is 1.00. The summed E-state index contributed by atoms with van der Waals surface area (Å²) in [5.74, 6) is -24.6. The number of rotatable bonds is 10. The summed E-state index contributed by atoms with van der Waals surface area (Å²) in [6.45, 7) is -2.59. The van der Waals surface area contributed by atoms with Gasteiger partial charge in [0.1, 0.15) is 0 Å². The highest BCUT2D eigenvalue weighted by atomic mass is 32.2. The van der Waals surface area contributed by atoms with Crippen molar-refractivity contribution >= 4 is 10.1 Å². The Labute approximate surface area is 165 Å². The van der Waals surface area contributed by atoms with Gasteiger partial charge >= 0.3 is 51.1 Å². The Bertz CT molecular complexity index is 769. The lowest BCUT2D eigenvalue weighted by Gasteiger charge is -2.44. The van der Waals surface area contributed by atoms with E-state index in [0.29, 0.717) is 0 Å². The van der Waals surface area contributed by atoms with Gasteiger partial charge in [-0.25, -0.2) is 17.6 Å². The molecule has 0 aromatic heterocycles. The highest BCUT2D eigenvalue weighted by Gasteiger charge is 2.80. The van der Waals surface area contributed by atoms with E-state index in [1.54, 1.807) is 0 Å². The lowest BCUT2D eigenvalue weighted by Crippen LogP contribution is -2.68. The normalized spacial score (nSPS) is 19.7. The molecule has 31 heavy (non-hydrogen) atoms. The zero-order valence-electron chi connectivity index (χ0n) is 15.4. The molecule has 0 aliphatic rings. The zero-order chi connectivity index (χ0) is 25.9. The first-order valence-electron chi connectivity index (χ1n) is 7.24. The van der Waals surface area contributed by atoms with E-state index in [1.807, 2.05) is 0 Å². The first-order chi connectivity index (χ1) is 12.9. The van der Waals surface area contributed by atoms with E-state index in [4.69, 9.17) is 4.55 Å². The highest BCUT2D eigenvalue weighted by molar-refractivity contribution is 7.86. The minimum absolute atomic E-state index is 0.319. The van der Waals surface area contributed by atoms with E-state index in [9.17, 15) is 65.5 Å². The number of alkyl halides is 13. The zero-order valence-corrected chi connectivity index (χ0v) is 16.2. The van der Waals surface area contributed by atoms with Crippen LogP contribution in [0.3, 0.4) is 0 Å². The van der Waals surface area contributed by atoms with E-state index in [0.717, 1.165) is 0 Å². The molecule has 5 nitrogen and oxygen atoms in total. The summed E-state index contributed by atoms with van der Waals surface area (Å²) in [7, 11) is -7.20. The maximum Gasteiger partial charge on any atom is 0.460 e. The van der Waals surface area contributed by atoms with Crippen molar-refractivity contribution in [2.45, 2.75) is 74.4 Å². The van der Waals surface area contributed by atoms with Gasteiger partial charge in [-0.2, -0.15) is 47.9 Å². The number of ether oxygens (including phenoxy) is 2. The molecule has 0 aliphatic carbocycles. The Morgan fingerprint density at radius 1 is 0.645 bits per heavy atom. The molecular formula is C12H13F13O5S. The predicted octanol–water partition coefficient (Wildman–Crippen LogP) is 5.08. The van der Waals surface area contributed by atoms with Gasteiger partial charge in [-0.15, -0.1) is 0 Å². The lowest BCUT2D eigenvalue weighted by molar-refractivity contribution is -0.508. The Hall–Kier alpha value is -1.08. The van der Waals surface area contributed by atoms with E-state index >= 15 is 0 Å². The highest BCUT2D eigenvalue weighted by Crippen LogP contribution is 2.55. The Kier molecular flexibility index (Phi) is 7.21. The number of hydrogen-bond donors (Lipinski definition) is 1. The van der Waals surface area contributed by atoms with Crippen LogP contribution in [0.2, 0.25) is 0 Å². The van der Waals surface area contributed by atoms with Crippen LogP contribution in [0.4, 0.5) is 57.1 Å². The van der Waals surface area contributed by atoms with Crippen LogP contribution in [0, 0.1) is 0 Å². The maximum atomic E-state index is 14.3. The minimum atomic E-state index is -7.20. The van der Waals surface area contributed by atoms with Gasteiger partial charge in [-0.05, 0) is 13.8 Å². The van der Waals surface area contributed by atoms with Crippen molar-refractivity contribution in [2.75, 3.05) is 0 Å². The third-order valence-corrected chi connectivity index (χ3v) is 4.37. The third kappa shape index (κ3) is 4.97. The van der Waals surface area contributed by atoms with Crippen molar-refractivity contribution < 1.29 is 79.5 Å². The predicted molar refractivity (Wildman–Crippen MR) is 72.7 cm³/mol. The largest absolute Gasteiger partial charge is 0.460 e. The van der Waals surface area contributed by atoms with Gasteiger partial charge in [0.15, 0.2) is 5.67 Å². The van der Waals surface area contributed by atoms with Gasteiger partial charge < -0.3 is 0 Å². The average molecular weight is 516 g/mol. The molecule has 0 aromatic carbocycles. The molecule has 0 bridgehead atoms. The first-order valence-corrected chi connectivity index (χ1v) is 8.68. The second-order valence-corrected chi connectivity index (χ2v) is 8.14. The summed E-state index contributed by atoms with van der Waals surface area (Å²) in [5, 5.41) is -6.87. The molecular weight excluding hydrogens is 503 g/mol. The van der Waals surface area contributed by atoms with Crippen molar-refractivity contribution in [3.63, 3.8) is 0 Å². The molecule has 0 fully saturated rings. The quantitative estimate of drug-likeness (QED) is 0.324. The van der Waals surface area contributed by atoms with Crippen LogP contribution in [-0.2, 0) is 19.6 Å². The van der Waals surface area contributed by atoms with Crippen molar-refractivity contribution in [1.82, 2.24) is 0 Å². The standard InChI is InChI=1S/C12H13F13O5S/c1-5(2,13)8(17,18)9(19,6(3,14)15)30-10(20,21)7(4,16)29-11(22,23)12(24,25)31(26,27)28/h1-4H3,(H,26,27,28). The van der Waals surface area contributed by atoms with Crippen LogP contribution >= 0.6 is 0 Å². The number of hydrogen-bond acceptors (Lipinski definition) is 4. The van der Waals surface area contributed by atoms with Gasteiger partial charge in [0.2, 0.25) is 0 Å². The van der Waals surface area contributed by atoms with Crippen LogP contribution in [0.25, 0.3) is 0 Å². The fourth-order valence-electron chi connectivity index (χ4n) is 1.59. The molecule has 2 atom stereocenters. The molecule has 0 heterocycles. The summed E-state index contributed by atoms with van der Waals surface area (Å²) in [4.78, 5) is 0. The van der Waals surface area contributed by atoms with Crippen molar-refractivity contribution in [3.05, 3.63) is 0 Å². The molecule has 0 radical (unpaired) electrons. The summed E-state index contributed by atoms with van der Waals surface area (Å²) in [5.41, 5.74) is -4.45. The molecule has 0 amide bonds. The number of halogens is 13. The smallest absolute Gasteiger partial charge is 0.281 e. The summed E-state index contributed by atoms with van der Waals surface area (Å²) < 4.78 is 209. The van der Waals surface area contributed by atoms with Crippen molar-refractivity contribution in [2.24, 2.45) is 0 Å². The topological polar surface area (TPSA) is 72.8 Å². The molecule has 1 N–H and O–H groups in total. The second kappa shape index (κ2) is 7.47. The minimum Gasteiger partial charge on any atom is -0.281 e. The van der Waals surface area contributed by atoms with Crippen LogP contribution in [0.1, 0.15) is 27.7 Å². The van der Waals surface area contributed by atoms with Gasteiger partial charge in [-0.1, -0.05) is 0 Å². The average Bonchev–Trinajstić information content (AvgIpc) is 2.41. The van der Waals surface area contributed by atoms with Crippen LogP contribution in [0.15, 0.2) is 0 Å². The van der Waals surface area contributed by atoms with Crippen LogP contribution in [0.5, 0.6) is 0 Å². The molecule has 0 spiro atoms. The maximum absolute atomic E-state index is 14.3. The molecule has 0 saturated carbocycles. The van der Waals surface area contributed by atoms with E-state index in [-0.39, 0.29) is 13.8 Å². The van der Waals surface area contributed by atoms with E-state index < -0.39 is 70.7 Å². The Balaban J connectivity index is 6.47. The molecule has 0 saturated heterocycles. The Morgan fingerprint density at radius 2 is 1.00 bits per heavy atom. The lowest BCUT2D eigenvalue weighted by atomic mass is 9.91. The fourth-order valence-corrected chi connectivity index (χ4v) is 1.93. The summed E-state index contributed by atoms with van der Waals surface area (Å²) >= 11 is 0. The molecule has 2 unspecified atom stereocenters. The van der Waals surface area contributed by atoms with Crippen molar-refractivity contribution in [1.29, 1.82) is 0 Å². The molecule has 0 aromatic rings. The molecule has 0 aliphatic heterocycles. The monoisotopic (exact) mass is 516 g/mol. The third-order valence-electron chi connectivity index (χ3n) is 3.49. The SMILES string of the molecule is CC(C)(F)C(F)(F)C(F)(OC(F)(F)C(C)(F)OC(F)(F)C(F)(F)S(=O)(=O)O)C(C)(F)F. The summed E-state index contributed by atoms with van der Waals surface area (Å²) in [6, 6.07) is 0. The second-order valence-electron chi connectivity index (χ2n) is 6.68. The van der Waals surface area contributed by atoms with Crippen molar-refractivity contribution in [3.8, 4) is 0 Å². The van der Waals surface area contributed by atoms with Crippen LogP contribution in [-0.4, -0.2) is 59.7 Å². The van der Waals surface area contributed by atoms with Crippen LogP contribution < -0.4 is 0 Å². The van der Waals surface area contributed by atoms with E-state index in [1.165, 1.54) is 0 Å². The molecule has 19 heteroatoms. The summed E-state index contributed by atoms with van der Waals surface area (Å²) in [6.07, 6.45) is -13.7. The van der Waals surface area contributed by atoms with Gasteiger partial charge in [-0.3, -0.25) is 14.0 Å². The van der Waals surface area contributed by atoms with Gasteiger partial charge in [0.25, 0.3) is 0 Å². The first kappa shape index (κ1) is 29.9. The molecule has 0 rings (SSSR count). The Morgan fingerprint density at radius 3 is 1.26 bits per heavy atom. The van der Waals surface area contributed by atoms with Gasteiger partial charge in [0, 0.05) is 13.8 Å². The van der Waals surface area contributed by atoms with E-state index in [2.05, 4.69) is 9.47 Å². The molecule has 188 valence electrons. The van der Waals surface area contributed by atoms with Gasteiger partial charge in [0.05, 0.1) is 0 Å².